The van der Waals surface area contributed by atoms with Crippen LogP contribution in [0, 0.1) is 0 Å². The highest BCUT2D eigenvalue weighted by atomic mass is 15.1. The molecule has 350 valence electrons. The number of nitrogens with zero attached hydrogens (tertiary/aromatic N) is 2. The van der Waals surface area contributed by atoms with Crippen LogP contribution in [0.15, 0.2) is 291 Å². The molecule has 0 saturated carbocycles. The van der Waals surface area contributed by atoms with E-state index in [1.807, 2.05) is 0 Å². The predicted molar refractivity (Wildman–Crippen MR) is 313 cm³/mol. The summed E-state index contributed by atoms with van der Waals surface area (Å²) in [4.78, 5) is 4.79. The minimum atomic E-state index is -0.424. The highest BCUT2D eigenvalue weighted by Gasteiger charge is 2.51. The van der Waals surface area contributed by atoms with Gasteiger partial charge in [-0.25, -0.2) is 0 Å². The number of rotatable bonds is 7. The molecule has 0 amide bonds. The van der Waals surface area contributed by atoms with Crippen molar-refractivity contribution in [2.24, 2.45) is 0 Å². The molecule has 75 heavy (non-hydrogen) atoms. The Balaban J connectivity index is 0.806. The van der Waals surface area contributed by atoms with Crippen molar-refractivity contribution in [2.45, 2.75) is 5.41 Å². The molecule has 12 aromatic carbocycles. The summed E-state index contributed by atoms with van der Waals surface area (Å²) in [7, 11) is 0. The highest BCUT2D eigenvalue weighted by Crippen LogP contribution is 2.63. The third kappa shape index (κ3) is 6.60. The Kier molecular flexibility index (Phi) is 9.83. The molecule has 1 spiro atoms. The summed E-state index contributed by atoms with van der Waals surface area (Å²) < 4.78 is 0. The van der Waals surface area contributed by atoms with Crippen LogP contribution in [0.25, 0.3) is 77.9 Å². The van der Waals surface area contributed by atoms with Crippen LogP contribution in [0.4, 0.5) is 34.1 Å². The molecule has 2 heteroatoms. The Morgan fingerprint density at radius 1 is 0.173 bits per heavy atom. The molecule has 15 rings (SSSR count). The zero-order chi connectivity index (χ0) is 49.5. The number of fused-ring (bicyclic) bond motifs is 18. The maximum Gasteiger partial charge on any atom is 0.0726 e. The second-order valence-corrected chi connectivity index (χ2v) is 19.9. The fourth-order valence-electron chi connectivity index (χ4n) is 12.9. The van der Waals surface area contributed by atoms with Crippen LogP contribution >= 0.6 is 0 Å². The molecule has 0 heterocycles. The van der Waals surface area contributed by atoms with E-state index in [0.29, 0.717) is 0 Å². The lowest BCUT2D eigenvalue weighted by Crippen LogP contribution is -2.26. The molecule has 3 aliphatic rings. The molecule has 0 N–H and O–H groups in total. The SMILES string of the molecule is c1ccc(N(c2ccc(-c3ccc(N(c4ccccc4)c4ccc5c(c4)C4(c6ccccc6-c6ccccc64)c4ccccc4-5)cc3)cc2)c2ccc3c(c2)-c2ccccc2-c2ccccc2-c2ccccc2-3)cc1. The topological polar surface area (TPSA) is 6.48 Å². The van der Waals surface area contributed by atoms with Crippen LogP contribution < -0.4 is 9.80 Å². The summed E-state index contributed by atoms with van der Waals surface area (Å²) in [5.74, 6) is 0. The average Bonchev–Trinajstić information content (AvgIpc) is 3.95. The van der Waals surface area contributed by atoms with E-state index in [1.165, 1.54) is 89.0 Å². The Hall–Kier alpha value is -9.76. The van der Waals surface area contributed by atoms with Gasteiger partial charge in [0.2, 0.25) is 0 Å². The van der Waals surface area contributed by atoms with Gasteiger partial charge in [0.1, 0.15) is 0 Å². The summed E-state index contributed by atoms with van der Waals surface area (Å²) in [6, 6.07) is 107. The second kappa shape index (κ2) is 17.2. The Labute approximate surface area is 438 Å². The minimum absolute atomic E-state index is 0.424. The first-order chi connectivity index (χ1) is 37.2. The molecule has 12 aromatic rings. The molecule has 0 aromatic heterocycles. The third-order valence-corrected chi connectivity index (χ3v) is 16.1. The summed E-state index contributed by atoms with van der Waals surface area (Å²) in [6.07, 6.45) is 0. The second-order valence-electron chi connectivity index (χ2n) is 19.9. The third-order valence-electron chi connectivity index (χ3n) is 16.1. The zero-order valence-electron chi connectivity index (χ0n) is 41.1. The van der Waals surface area contributed by atoms with E-state index in [4.69, 9.17) is 0 Å². The lowest BCUT2D eigenvalue weighted by Gasteiger charge is -2.32. The molecule has 3 aliphatic carbocycles. The van der Waals surface area contributed by atoms with Crippen molar-refractivity contribution in [1.29, 1.82) is 0 Å². The minimum Gasteiger partial charge on any atom is -0.310 e. The smallest absolute Gasteiger partial charge is 0.0726 e. The van der Waals surface area contributed by atoms with Gasteiger partial charge >= 0.3 is 0 Å². The van der Waals surface area contributed by atoms with E-state index in [-0.39, 0.29) is 0 Å². The normalized spacial score (nSPS) is 12.6. The van der Waals surface area contributed by atoms with Crippen molar-refractivity contribution in [3.8, 4) is 77.9 Å². The fourth-order valence-corrected chi connectivity index (χ4v) is 12.9. The molecule has 0 atom stereocenters. The van der Waals surface area contributed by atoms with E-state index >= 15 is 0 Å². The largest absolute Gasteiger partial charge is 0.310 e. The van der Waals surface area contributed by atoms with Crippen LogP contribution in [-0.2, 0) is 5.41 Å². The summed E-state index contributed by atoms with van der Waals surface area (Å²) in [6.45, 7) is 0. The van der Waals surface area contributed by atoms with Gasteiger partial charge in [-0.2, -0.15) is 0 Å². The first kappa shape index (κ1) is 42.9. The van der Waals surface area contributed by atoms with Crippen LogP contribution in [0.1, 0.15) is 22.3 Å². The summed E-state index contributed by atoms with van der Waals surface area (Å²) in [5.41, 5.74) is 29.0. The zero-order valence-corrected chi connectivity index (χ0v) is 41.1. The molecule has 0 bridgehead atoms. The van der Waals surface area contributed by atoms with E-state index in [1.54, 1.807) is 0 Å². The van der Waals surface area contributed by atoms with Crippen molar-refractivity contribution < 1.29 is 0 Å². The van der Waals surface area contributed by atoms with Crippen molar-refractivity contribution >= 4 is 34.1 Å². The van der Waals surface area contributed by atoms with Gasteiger partial charge in [0, 0.05) is 34.1 Å². The number of hydrogen-bond donors (Lipinski definition) is 0. The molecular formula is C73H48N2. The number of hydrogen-bond acceptors (Lipinski definition) is 2. The first-order valence-corrected chi connectivity index (χ1v) is 26.0. The Morgan fingerprint density at radius 3 is 0.840 bits per heavy atom. The van der Waals surface area contributed by atoms with Gasteiger partial charge in [0.05, 0.1) is 5.41 Å². The van der Waals surface area contributed by atoms with Crippen LogP contribution in [0.3, 0.4) is 0 Å². The lowest BCUT2D eigenvalue weighted by atomic mass is 9.70. The monoisotopic (exact) mass is 952 g/mol. The van der Waals surface area contributed by atoms with Crippen LogP contribution in [-0.4, -0.2) is 0 Å². The van der Waals surface area contributed by atoms with Gasteiger partial charge in [-0.3, -0.25) is 0 Å². The van der Waals surface area contributed by atoms with Gasteiger partial charge in [-0.15, -0.1) is 0 Å². The van der Waals surface area contributed by atoms with E-state index in [2.05, 4.69) is 301 Å². The van der Waals surface area contributed by atoms with Gasteiger partial charge in [-0.1, -0.05) is 218 Å². The fraction of sp³-hybridized carbons (Fsp3) is 0.0137. The van der Waals surface area contributed by atoms with Crippen LogP contribution in [0.5, 0.6) is 0 Å². The molecule has 0 aliphatic heterocycles. The molecule has 2 nitrogen and oxygen atoms in total. The maximum atomic E-state index is 2.47. The van der Waals surface area contributed by atoms with Gasteiger partial charge in [0.15, 0.2) is 0 Å². The van der Waals surface area contributed by atoms with Crippen molar-refractivity contribution in [3.63, 3.8) is 0 Å². The van der Waals surface area contributed by atoms with E-state index in [9.17, 15) is 0 Å². The Bertz CT molecular complexity index is 4100. The quantitative estimate of drug-likeness (QED) is 0.157. The van der Waals surface area contributed by atoms with Gasteiger partial charge in [-0.05, 0) is 173 Å². The summed E-state index contributed by atoms with van der Waals surface area (Å²) >= 11 is 0. The number of para-hydroxylation sites is 2. The summed E-state index contributed by atoms with van der Waals surface area (Å²) in [5, 5.41) is 0. The molecule has 0 saturated heterocycles. The van der Waals surface area contributed by atoms with E-state index in [0.717, 1.165) is 45.3 Å². The maximum absolute atomic E-state index is 2.47. The van der Waals surface area contributed by atoms with Crippen molar-refractivity contribution in [1.82, 2.24) is 0 Å². The van der Waals surface area contributed by atoms with E-state index < -0.39 is 5.41 Å². The number of benzene rings is 12. The standard InChI is InChI=1S/C73H48N2/c1-3-19-51(20-4-1)74(55-43-45-63-61-27-10-9-25-59(61)57-23-7-8-24-58(57)60-26-11-12-28-62(60)68(63)47-55)53-39-35-49(36-40-53)50-37-41-54(42-38-50)75(52-21-5-2-6-22-52)56-44-46-67-66-31-15-18-34-71(66)73(72(67)48-56)69-32-16-13-29-64(69)65-30-14-17-33-70(65)73/h1-48H. The first-order valence-electron chi connectivity index (χ1n) is 26.0. The van der Waals surface area contributed by atoms with Crippen molar-refractivity contribution in [3.05, 3.63) is 313 Å². The van der Waals surface area contributed by atoms with Gasteiger partial charge in [0.25, 0.3) is 0 Å². The Morgan fingerprint density at radius 2 is 0.440 bits per heavy atom. The van der Waals surface area contributed by atoms with Crippen molar-refractivity contribution in [2.75, 3.05) is 9.80 Å². The lowest BCUT2D eigenvalue weighted by molar-refractivity contribution is 0.793. The molecule has 0 fully saturated rings. The predicted octanol–water partition coefficient (Wildman–Crippen LogP) is 19.6. The average molecular weight is 953 g/mol. The highest BCUT2D eigenvalue weighted by molar-refractivity contribution is 6.04. The van der Waals surface area contributed by atoms with Gasteiger partial charge < -0.3 is 9.80 Å². The molecule has 0 radical (unpaired) electrons. The number of anilines is 6. The molecular weight excluding hydrogens is 905 g/mol. The molecule has 0 unspecified atom stereocenters. The van der Waals surface area contributed by atoms with Crippen LogP contribution in [0.2, 0.25) is 0 Å².